The first kappa shape index (κ1) is 24.5. The Morgan fingerprint density at radius 1 is 1.08 bits per heavy atom. The molecule has 0 aromatic carbocycles. The van der Waals surface area contributed by atoms with Gasteiger partial charge in [0.05, 0.1) is 0 Å². The predicted octanol–water partition coefficient (Wildman–Crippen LogP) is 7.11. The van der Waals surface area contributed by atoms with Crippen molar-refractivity contribution in [1.29, 1.82) is 0 Å². The van der Waals surface area contributed by atoms with Crippen molar-refractivity contribution in [2.75, 3.05) is 0 Å². The van der Waals surface area contributed by atoms with Crippen LogP contribution in [0.3, 0.4) is 0 Å². The number of allylic oxidation sites excluding steroid dienone is 2. The number of hydrogen-bond donors (Lipinski definition) is 0. The summed E-state index contributed by atoms with van der Waals surface area (Å²) in [5, 5.41) is 1.08. The first-order valence-electron chi connectivity index (χ1n) is 10.3. The molecule has 0 aliphatic carbocycles. The van der Waals surface area contributed by atoms with E-state index in [1.54, 1.807) is 0 Å². The summed E-state index contributed by atoms with van der Waals surface area (Å²) in [6.45, 7) is 31.9. The molecule has 0 aromatic rings. The second kappa shape index (κ2) is 8.05. The molecule has 1 aliphatic heterocycles. The normalized spacial score (nSPS) is 23.4. The molecule has 2 unspecified atom stereocenters. The van der Waals surface area contributed by atoms with Crippen LogP contribution >= 0.6 is 0 Å². The first-order chi connectivity index (χ1) is 11.6. The van der Waals surface area contributed by atoms with Gasteiger partial charge in [-0.2, -0.15) is 0 Å². The summed E-state index contributed by atoms with van der Waals surface area (Å²) in [5.41, 5.74) is 0. The van der Waals surface area contributed by atoms with Gasteiger partial charge in [-0.3, -0.25) is 0 Å². The van der Waals surface area contributed by atoms with Crippen LogP contribution in [-0.4, -0.2) is 44.3 Å². The topological polar surface area (TPSA) is 18.5 Å². The third-order valence-corrected chi connectivity index (χ3v) is 53.2. The van der Waals surface area contributed by atoms with Crippen LogP contribution in [0, 0.1) is 0 Å². The van der Waals surface area contributed by atoms with E-state index in [-0.39, 0.29) is 6.10 Å². The summed E-state index contributed by atoms with van der Waals surface area (Å²) in [7, 11) is -4.77. The van der Waals surface area contributed by atoms with Gasteiger partial charge >= 0.3 is 170 Å². The zero-order chi connectivity index (χ0) is 20.6. The molecule has 0 saturated carbocycles. The van der Waals surface area contributed by atoms with E-state index in [4.69, 9.17) is 7.53 Å². The van der Waals surface area contributed by atoms with Crippen molar-refractivity contribution in [2.24, 2.45) is 0 Å². The Kier molecular flexibility index (Phi) is 7.58. The summed E-state index contributed by atoms with van der Waals surface area (Å²) in [6.07, 6.45) is 6.51. The monoisotopic (exact) mass is 474 g/mol. The molecular formula is C20H44GeO2Si3. The average molecular weight is 473 g/mol. The van der Waals surface area contributed by atoms with Crippen molar-refractivity contribution in [3.8, 4) is 0 Å². The molecule has 0 radical (unpaired) electrons. The van der Waals surface area contributed by atoms with Gasteiger partial charge in [-0.1, -0.05) is 0 Å². The second-order valence-electron chi connectivity index (χ2n) is 10.9. The zero-order valence-electron chi connectivity index (χ0n) is 19.4. The average Bonchev–Trinajstić information content (AvgIpc) is 2.84. The molecule has 0 N–H and O–H groups in total. The Hall–Kier alpha value is 0.434. The molecule has 0 bridgehead atoms. The van der Waals surface area contributed by atoms with E-state index in [1.165, 1.54) is 5.76 Å². The van der Waals surface area contributed by atoms with E-state index in [2.05, 4.69) is 85.4 Å². The Labute approximate surface area is 169 Å². The molecule has 152 valence electrons. The minimum absolute atomic E-state index is 0.128. The van der Waals surface area contributed by atoms with Gasteiger partial charge in [0.2, 0.25) is 0 Å². The Morgan fingerprint density at radius 3 is 1.81 bits per heavy atom. The molecule has 0 amide bonds. The van der Waals surface area contributed by atoms with E-state index in [0.29, 0.717) is 3.12 Å². The van der Waals surface area contributed by atoms with Crippen LogP contribution in [0.2, 0.25) is 67.3 Å². The fraction of sp³-hybridized carbons (Fsp3) is 0.800. The van der Waals surface area contributed by atoms with Gasteiger partial charge in [0, 0.05) is 0 Å². The van der Waals surface area contributed by atoms with Crippen LogP contribution in [0.1, 0.15) is 26.7 Å². The molecule has 6 heteroatoms. The van der Waals surface area contributed by atoms with Gasteiger partial charge in [-0.05, 0) is 0 Å². The summed E-state index contributed by atoms with van der Waals surface area (Å²) >= 11 is -3.17. The summed E-state index contributed by atoms with van der Waals surface area (Å²) in [5.74, 6) is 1.20. The second-order valence-corrected chi connectivity index (χ2v) is 37.8. The zero-order valence-corrected chi connectivity index (χ0v) is 24.5. The van der Waals surface area contributed by atoms with E-state index >= 15 is 0 Å². The minimum atomic E-state index is -3.17. The van der Waals surface area contributed by atoms with Crippen molar-refractivity contribution in [2.45, 2.75) is 100 Å². The molecule has 0 fully saturated rings. The fourth-order valence-corrected chi connectivity index (χ4v) is 67.9. The van der Waals surface area contributed by atoms with Crippen molar-refractivity contribution >= 4 is 38.2 Å². The maximum absolute atomic E-state index is 7.17. The number of rotatable bonds is 9. The molecule has 1 aliphatic rings. The van der Waals surface area contributed by atoms with Gasteiger partial charge in [-0.25, -0.2) is 0 Å². The van der Waals surface area contributed by atoms with Crippen molar-refractivity contribution in [1.82, 2.24) is 0 Å². The standard InChI is InChI=1S/C20H44GeO2Si3/c1-13-18(14-2)22-21(17-16-19(15-3)23-21)20(24(4,5)6,25(7,8)9)26(10,11)12/h13,16,18H,1,14-15,17H2,2-12H3. The molecule has 2 atom stereocenters. The van der Waals surface area contributed by atoms with E-state index in [9.17, 15) is 0 Å². The Morgan fingerprint density at radius 2 is 1.54 bits per heavy atom. The molecule has 0 saturated heterocycles. The molecule has 26 heavy (non-hydrogen) atoms. The third-order valence-electron chi connectivity index (χ3n) is 6.20. The molecule has 1 rings (SSSR count). The Bertz CT molecular complexity index is 505. The third kappa shape index (κ3) is 3.93. The SMILES string of the molecule is C=CC(CC)[O][Ge]1([C]([Si](C)(C)C)([Si](C)(C)C)[Si](C)(C)C)[CH2]C=C(CC)[O]1. The first-order valence-corrected chi connectivity index (χ1v) is 25.1. The van der Waals surface area contributed by atoms with Gasteiger partial charge in [0.1, 0.15) is 0 Å². The fourth-order valence-electron chi connectivity index (χ4n) is 6.78. The van der Waals surface area contributed by atoms with Gasteiger partial charge in [-0.15, -0.1) is 0 Å². The summed E-state index contributed by atoms with van der Waals surface area (Å²) in [4.78, 5) is 0. The van der Waals surface area contributed by atoms with Crippen LogP contribution in [-0.2, 0) is 7.53 Å². The molecule has 1 heterocycles. The van der Waals surface area contributed by atoms with E-state index < -0.39 is 38.2 Å². The Balaban J connectivity index is 3.82. The van der Waals surface area contributed by atoms with Crippen LogP contribution in [0.5, 0.6) is 0 Å². The van der Waals surface area contributed by atoms with Gasteiger partial charge in [0.25, 0.3) is 0 Å². The molecule has 0 aromatic heterocycles. The van der Waals surface area contributed by atoms with Crippen molar-refractivity contribution in [3.05, 3.63) is 24.5 Å². The molecular weight excluding hydrogens is 429 g/mol. The van der Waals surface area contributed by atoms with Crippen LogP contribution in [0.25, 0.3) is 0 Å². The maximum atomic E-state index is 7.17. The van der Waals surface area contributed by atoms with Crippen molar-refractivity contribution in [3.63, 3.8) is 0 Å². The molecule has 0 spiro atoms. The number of hydrogen-bond acceptors (Lipinski definition) is 2. The quantitative estimate of drug-likeness (QED) is 0.263. The van der Waals surface area contributed by atoms with Gasteiger partial charge < -0.3 is 0 Å². The van der Waals surface area contributed by atoms with Crippen LogP contribution in [0.15, 0.2) is 24.5 Å². The van der Waals surface area contributed by atoms with Crippen molar-refractivity contribution < 1.29 is 7.53 Å². The van der Waals surface area contributed by atoms with Crippen LogP contribution < -0.4 is 0 Å². The van der Waals surface area contributed by atoms with E-state index in [0.717, 1.165) is 18.1 Å². The molecule has 2 nitrogen and oxygen atoms in total. The summed E-state index contributed by atoms with van der Waals surface area (Å²) < 4.78 is 14.6. The van der Waals surface area contributed by atoms with Crippen LogP contribution in [0.4, 0.5) is 0 Å². The van der Waals surface area contributed by atoms with Gasteiger partial charge in [0.15, 0.2) is 0 Å². The summed E-state index contributed by atoms with van der Waals surface area (Å²) in [6, 6.07) is 0. The van der Waals surface area contributed by atoms with E-state index in [1.807, 2.05) is 6.08 Å². The predicted molar refractivity (Wildman–Crippen MR) is 128 cm³/mol.